The van der Waals surface area contributed by atoms with Crippen LogP contribution in [0.15, 0.2) is 11.8 Å². The van der Waals surface area contributed by atoms with Crippen molar-refractivity contribution in [2.45, 2.75) is 20.3 Å². The van der Waals surface area contributed by atoms with Gasteiger partial charge in [-0.1, -0.05) is 6.92 Å². The molecule has 0 atom stereocenters. The molecule has 0 saturated carbocycles. The van der Waals surface area contributed by atoms with Gasteiger partial charge in [0.2, 0.25) is 5.76 Å². The second-order valence-electron chi connectivity index (χ2n) is 2.42. The Bertz CT molecular complexity index is 231. The fourth-order valence-electron chi connectivity index (χ4n) is 0.620. The molecule has 0 bridgehead atoms. The van der Waals surface area contributed by atoms with Crippen molar-refractivity contribution in [3.05, 3.63) is 11.8 Å². The minimum atomic E-state index is -0.930. The Kier molecular flexibility index (Phi) is 6.19. The van der Waals surface area contributed by atoms with Crippen LogP contribution in [0.25, 0.3) is 0 Å². The number of aliphatic hydroxyl groups is 1. The lowest BCUT2D eigenvalue weighted by atomic mass is 10.4. The standard InChI is InChI=1S/C9H14O5/c1-3-5-14-8(11)6-7(10)9(12)13-4-2/h6,10H,3-5H2,1-2H3/b7-6-. The largest absolute Gasteiger partial charge is 0.502 e. The van der Waals surface area contributed by atoms with E-state index in [2.05, 4.69) is 9.47 Å². The van der Waals surface area contributed by atoms with Gasteiger partial charge in [-0.25, -0.2) is 9.59 Å². The molecule has 5 nitrogen and oxygen atoms in total. The second kappa shape index (κ2) is 6.94. The highest BCUT2D eigenvalue weighted by Gasteiger charge is 2.10. The van der Waals surface area contributed by atoms with Gasteiger partial charge < -0.3 is 14.6 Å². The van der Waals surface area contributed by atoms with Gasteiger partial charge in [-0.15, -0.1) is 0 Å². The van der Waals surface area contributed by atoms with Crippen LogP contribution in [-0.4, -0.2) is 30.3 Å². The Morgan fingerprint density at radius 1 is 1.29 bits per heavy atom. The highest BCUT2D eigenvalue weighted by atomic mass is 16.5. The van der Waals surface area contributed by atoms with Gasteiger partial charge in [-0.05, 0) is 13.3 Å². The van der Waals surface area contributed by atoms with Crippen molar-refractivity contribution in [2.75, 3.05) is 13.2 Å². The fraction of sp³-hybridized carbons (Fsp3) is 0.556. The molecule has 0 saturated heterocycles. The lowest BCUT2D eigenvalue weighted by molar-refractivity contribution is -0.143. The third kappa shape index (κ3) is 5.18. The lowest BCUT2D eigenvalue weighted by Crippen LogP contribution is -2.10. The predicted molar refractivity (Wildman–Crippen MR) is 48.6 cm³/mol. The summed E-state index contributed by atoms with van der Waals surface area (Å²) in [5.41, 5.74) is 0. The molecule has 0 aromatic carbocycles. The molecule has 5 heteroatoms. The minimum Gasteiger partial charge on any atom is -0.502 e. The van der Waals surface area contributed by atoms with Crippen molar-refractivity contribution in [2.24, 2.45) is 0 Å². The topological polar surface area (TPSA) is 72.8 Å². The van der Waals surface area contributed by atoms with E-state index in [0.29, 0.717) is 12.5 Å². The molecule has 0 heterocycles. The van der Waals surface area contributed by atoms with E-state index < -0.39 is 17.7 Å². The normalized spacial score (nSPS) is 10.9. The van der Waals surface area contributed by atoms with Crippen LogP contribution in [0.4, 0.5) is 0 Å². The summed E-state index contributed by atoms with van der Waals surface area (Å²) in [6.45, 7) is 3.83. The summed E-state index contributed by atoms with van der Waals surface area (Å²) in [6, 6.07) is 0. The Morgan fingerprint density at radius 2 is 1.93 bits per heavy atom. The van der Waals surface area contributed by atoms with Gasteiger partial charge in [0.1, 0.15) is 0 Å². The summed E-state index contributed by atoms with van der Waals surface area (Å²) in [5.74, 6) is -2.42. The molecule has 80 valence electrons. The zero-order valence-corrected chi connectivity index (χ0v) is 8.28. The third-order valence-corrected chi connectivity index (χ3v) is 1.19. The molecule has 0 aliphatic rings. The Balaban J connectivity index is 4.08. The molecule has 0 aliphatic heterocycles. The summed E-state index contributed by atoms with van der Waals surface area (Å²) < 4.78 is 9.05. The van der Waals surface area contributed by atoms with Crippen LogP contribution >= 0.6 is 0 Å². The molecule has 0 aromatic heterocycles. The Morgan fingerprint density at radius 3 is 2.43 bits per heavy atom. The Hall–Kier alpha value is -1.52. The maximum Gasteiger partial charge on any atom is 0.373 e. The molecule has 0 spiro atoms. The molecule has 0 radical (unpaired) electrons. The number of carbonyl (C=O) groups excluding carboxylic acids is 2. The van der Waals surface area contributed by atoms with E-state index in [1.54, 1.807) is 6.92 Å². The molecule has 1 N–H and O–H groups in total. The zero-order valence-electron chi connectivity index (χ0n) is 8.28. The van der Waals surface area contributed by atoms with E-state index >= 15 is 0 Å². The van der Waals surface area contributed by atoms with Gasteiger partial charge >= 0.3 is 11.9 Å². The van der Waals surface area contributed by atoms with Crippen molar-refractivity contribution in [3.63, 3.8) is 0 Å². The first-order chi connectivity index (χ1) is 6.61. The van der Waals surface area contributed by atoms with E-state index in [4.69, 9.17) is 5.11 Å². The van der Waals surface area contributed by atoms with Crippen LogP contribution < -0.4 is 0 Å². The van der Waals surface area contributed by atoms with E-state index in [1.807, 2.05) is 6.92 Å². The molecule has 0 aromatic rings. The second-order valence-corrected chi connectivity index (χ2v) is 2.42. The van der Waals surface area contributed by atoms with Crippen molar-refractivity contribution < 1.29 is 24.2 Å². The highest BCUT2D eigenvalue weighted by molar-refractivity contribution is 5.94. The third-order valence-electron chi connectivity index (χ3n) is 1.19. The summed E-state index contributed by atoms with van der Waals surface area (Å²) >= 11 is 0. The summed E-state index contributed by atoms with van der Waals surface area (Å²) in [5, 5.41) is 9.00. The van der Waals surface area contributed by atoms with Gasteiger partial charge in [0, 0.05) is 0 Å². The molecule has 0 fully saturated rings. The molecular weight excluding hydrogens is 188 g/mol. The van der Waals surface area contributed by atoms with Crippen LogP contribution in [0.3, 0.4) is 0 Å². The smallest absolute Gasteiger partial charge is 0.373 e. The van der Waals surface area contributed by atoms with Crippen LogP contribution in [0.5, 0.6) is 0 Å². The van der Waals surface area contributed by atoms with Gasteiger partial charge in [0.05, 0.1) is 19.3 Å². The van der Waals surface area contributed by atoms with Gasteiger partial charge in [0.15, 0.2) is 0 Å². The summed E-state index contributed by atoms with van der Waals surface area (Å²) in [7, 11) is 0. The molecule has 0 rings (SSSR count). The number of aliphatic hydroxyl groups excluding tert-OH is 1. The molecule has 0 unspecified atom stereocenters. The zero-order chi connectivity index (χ0) is 11.0. The first kappa shape index (κ1) is 12.5. The van der Waals surface area contributed by atoms with Crippen LogP contribution in [0.2, 0.25) is 0 Å². The lowest BCUT2D eigenvalue weighted by Gasteiger charge is -2.00. The van der Waals surface area contributed by atoms with Crippen molar-refractivity contribution in [1.29, 1.82) is 0 Å². The van der Waals surface area contributed by atoms with Gasteiger partial charge in [-0.3, -0.25) is 0 Å². The molecule has 0 aliphatic carbocycles. The average molecular weight is 202 g/mol. The van der Waals surface area contributed by atoms with Gasteiger partial charge in [-0.2, -0.15) is 0 Å². The summed E-state index contributed by atoms with van der Waals surface area (Å²) in [6.07, 6.45) is 1.38. The average Bonchev–Trinajstić information content (AvgIpc) is 2.15. The number of hydrogen-bond donors (Lipinski definition) is 1. The van der Waals surface area contributed by atoms with Gasteiger partial charge in [0.25, 0.3) is 0 Å². The van der Waals surface area contributed by atoms with Crippen LogP contribution in [-0.2, 0) is 19.1 Å². The predicted octanol–water partition coefficient (Wildman–Crippen LogP) is 0.945. The van der Waals surface area contributed by atoms with E-state index in [-0.39, 0.29) is 13.2 Å². The number of carbonyl (C=O) groups is 2. The van der Waals surface area contributed by atoms with Crippen molar-refractivity contribution in [1.82, 2.24) is 0 Å². The van der Waals surface area contributed by atoms with E-state index in [0.717, 1.165) is 0 Å². The number of rotatable bonds is 5. The minimum absolute atomic E-state index is 0.140. The first-order valence-electron chi connectivity index (χ1n) is 4.36. The molecule has 14 heavy (non-hydrogen) atoms. The molecule has 0 amide bonds. The van der Waals surface area contributed by atoms with Crippen molar-refractivity contribution >= 4 is 11.9 Å². The Labute approximate surface area is 82.3 Å². The maximum absolute atomic E-state index is 10.9. The number of esters is 2. The first-order valence-corrected chi connectivity index (χ1v) is 4.36. The van der Waals surface area contributed by atoms with E-state index in [9.17, 15) is 9.59 Å². The van der Waals surface area contributed by atoms with Crippen molar-refractivity contribution in [3.8, 4) is 0 Å². The summed E-state index contributed by atoms with van der Waals surface area (Å²) in [4.78, 5) is 21.7. The fourth-order valence-corrected chi connectivity index (χ4v) is 0.620. The van der Waals surface area contributed by atoms with E-state index in [1.165, 1.54) is 0 Å². The van der Waals surface area contributed by atoms with Crippen LogP contribution in [0.1, 0.15) is 20.3 Å². The number of ether oxygens (including phenoxy) is 2. The molecular formula is C9H14O5. The monoisotopic (exact) mass is 202 g/mol. The van der Waals surface area contributed by atoms with Crippen LogP contribution in [0, 0.1) is 0 Å². The quantitative estimate of drug-likeness (QED) is 0.408. The highest BCUT2D eigenvalue weighted by Crippen LogP contribution is 1.95. The SMILES string of the molecule is CCCOC(=O)/C=C(\O)C(=O)OCC. The maximum atomic E-state index is 10.9. The number of hydrogen-bond acceptors (Lipinski definition) is 5.